The highest BCUT2D eigenvalue weighted by molar-refractivity contribution is 7.99. The predicted octanol–water partition coefficient (Wildman–Crippen LogP) is 2.06. The number of carbonyl (C=O) groups excluding carboxylic acids is 1. The topological polar surface area (TPSA) is 41.6 Å². The Morgan fingerprint density at radius 2 is 2.33 bits per heavy atom. The molecule has 1 aromatic rings. The Morgan fingerprint density at radius 1 is 1.52 bits per heavy atom. The van der Waals surface area contributed by atoms with Gasteiger partial charge in [-0.05, 0) is 24.1 Å². The van der Waals surface area contributed by atoms with Crippen LogP contribution in [0.15, 0.2) is 18.2 Å². The summed E-state index contributed by atoms with van der Waals surface area (Å²) in [6, 6.07) is 6.38. The van der Waals surface area contributed by atoms with Crippen molar-refractivity contribution in [1.82, 2.24) is 10.2 Å². The summed E-state index contributed by atoms with van der Waals surface area (Å²) in [5.41, 5.74) is 2.23. The van der Waals surface area contributed by atoms with Gasteiger partial charge in [0.1, 0.15) is 5.75 Å². The largest absolute Gasteiger partial charge is 0.496 e. The lowest BCUT2D eigenvalue weighted by atomic mass is 10.1. The first kappa shape index (κ1) is 16.2. The third-order valence-electron chi connectivity index (χ3n) is 3.72. The summed E-state index contributed by atoms with van der Waals surface area (Å²) in [7, 11) is 3.55. The molecule has 5 heteroatoms. The summed E-state index contributed by atoms with van der Waals surface area (Å²) in [4.78, 5) is 14.1. The lowest BCUT2D eigenvalue weighted by Gasteiger charge is -2.25. The molecule has 1 fully saturated rings. The first-order valence-electron chi connectivity index (χ1n) is 7.28. The molecule has 1 N–H and O–H groups in total. The van der Waals surface area contributed by atoms with Crippen LogP contribution in [-0.2, 0) is 11.3 Å². The van der Waals surface area contributed by atoms with Gasteiger partial charge in [0.05, 0.1) is 7.11 Å². The minimum absolute atomic E-state index is 0.198. The van der Waals surface area contributed by atoms with Crippen molar-refractivity contribution in [1.29, 1.82) is 0 Å². The van der Waals surface area contributed by atoms with E-state index in [0.717, 1.165) is 34.9 Å². The smallest absolute Gasteiger partial charge is 0.224 e. The van der Waals surface area contributed by atoms with Crippen LogP contribution in [-0.4, -0.2) is 49.1 Å². The summed E-state index contributed by atoms with van der Waals surface area (Å²) in [5, 5.41) is 3.41. The molecule has 1 aromatic carbocycles. The molecule has 1 aliphatic rings. The minimum atomic E-state index is 0.198. The molecule has 0 radical (unpaired) electrons. The fourth-order valence-electron chi connectivity index (χ4n) is 2.52. The number of ether oxygens (including phenoxy) is 1. The number of methoxy groups -OCH3 is 1. The van der Waals surface area contributed by atoms with Crippen molar-refractivity contribution in [2.75, 3.05) is 32.2 Å². The number of rotatable bonds is 5. The third kappa shape index (κ3) is 4.64. The van der Waals surface area contributed by atoms with Gasteiger partial charge in [0.15, 0.2) is 0 Å². The number of nitrogens with zero attached hydrogens (tertiary/aromatic N) is 1. The van der Waals surface area contributed by atoms with Crippen LogP contribution in [0, 0.1) is 6.92 Å². The standard InChI is InChI=1S/C16H24N2O2S/c1-12-8-13(4-5-15(12)20-3)10-18(2)16(19)9-14-11-21-7-6-17-14/h4-5,8,14,17H,6-7,9-11H2,1-3H3. The van der Waals surface area contributed by atoms with Gasteiger partial charge in [-0.1, -0.05) is 12.1 Å². The van der Waals surface area contributed by atoms with E-state index in [0.29, 0.717) is 19.0 Å². The van der Waals surface area contributed by atoms with Crippen molar-refractivity contribution in [3.05, 3.63) is 29.3 Å². The van der Waals surface area contributed by atoms with E-state index in [4.69, 9.17) is 4.74 Å². The van der Waals surface area contributed by atoms with Gasteiger partial charge < -0.3 is 15.0 Å². The lowest BCUT2D eigenvalue weighted by Crippen LogP contribution is -2.41. The number of hydrogen-bond donors (Lipinski definition) is 1. The second-order valence-corrected chi connectivity index (χ2v) is 6.63. The Morgan fingerprint density at radius 3 is 2.95 bits per heavy atom. The van der Waals surface area contributed by atoms with E-state index < -0.39 is 0 Å². The van der Waals surface area contributed by atoms with Gasteiger partial charge in [-0.25, -0.2) is 0 Å². The number of nitrogens with one attached hydrogen (secondary N) is 1. The molecule has 1 heterocycles. The molecule has 1 amide bonds. The van der Waals surface area contributed by atoms with E-state index in [-0.39, 0.29) is 5.91 Å². The molecule has 1 aliphatic heterocycles. The van der Waals surface area contributed by atoms with Crippen molar-refractivity contribution in [2.24, 2.45) is 0 Å². The lowest BCUT2D eigenvalue weighted by molar-refractivity contribution is -0.130. The maximum absolute atomic E-state index is 12.3. The molecule has 1 saturated heterocycles. The number of thioether (sulfide) groups is 1. The van der Waals surface area contributed by atoms with E-state index in [2.05, 4.69) is 11.4 Å². The first-order chi connectivity index (χ1) is 10.1. The van der Waals surface area contributed by atoms with E-state index in [1.165, 1.54) is 0 Å². The van der Waals surface area contributed by atoms with Crippen LogP contribution in [0.2, 0.25) is 0 Å². The van der Waals surface area contributed by atoms with Crippen molar-refractivity contribution in [2.45, 2.75) is 25.9 Å². The molecule has 0 bridgehead atoms. The Bertz CT molecular complexity index is 487. The van der Waals surface area contributed by atoms with Crippen LogP contribution in [0.5, 0.6) is 5.75 Å². The van der Waals surface area contributed by atoms with Crippen molar-refractivity contribution in [3.63, 3.8) is 0 Å². The van der Waals surface area contributed by atoms with Gasteiger partial charge in [0, 0.05) is 44.1 Å². The molecule has 1 unspecified atom stereocenters. The van der Waals surface area contributed by atoms with Gasteiger partial charge in [0.2, 0.25) is 5.91 Å². The number of hydrogen-bond acceptors (Lipinski definition) is 4. The molecule has 21 heavy (non-hydrogen) atoms. The van der Waals surface area contributed by atoms with Gasteiger partial charge in [-0.2, -0.15) is 11.8 Å². The van der Waals surface area contributed by atoms with Crippen LogP contribution in [0.25, 0.3) is 0 Å². The molecule has 0 aliphatic carbocycles. The van der Waals surface area contributed by atoms with Crippen LogP contribution >= 0.6 is 11.8 Å². The molecule has 1 atom stereocenters. The number of carbonyl (C=O) groups is 1. The minimum Gasteiger partial charge on any atom is -0.496 e. The number of amides is 1. The van der Waals surface area contributed by atoms with Crippen molar-refractivity contribution in [3.8, 4) is 5.75 Å². The fourth-order valence-corrected chi connectivity index (χ4v) is 3.47. The zero-order valence-electron chi connectivity index (χ0n) is 13.0. The second-order valence-electron chi connectivity index (χ2n) is 5.48. The summed E-state index contributed by atoms with van der Waals surface area (Å²) in [5.74, 6) is 3.26. The van der Waals surface area contributed by atoms with E-state index in [9.17, 15) is 4.79 Å². The molecule has 0 spiro atoms. The summed E-state index contributed by atoms with van der Waals surface area (Å²) in [6.45, 7) is 3.67. The van der Waals surface area contributed by atoms with Crippen LogP contribution in [0.4, 0.5) is 0 Å². The highest BCUT2D eigenvalue weighted by atomic mass is 32.2. The average Bonchev–Trinajstić information content (AvgIpc) is 2.48. The fraction of sp³-hybridized carbons (Fsp3) is 0.562. The van der Waals surface area contributed by atoms with Crippen molar-refractivity contribution >= 4 is 17.7 Å². The predicted molar refractivity (Wildman–Crippen MR) is 87.9 cm³/mol. The molecule has 0 saturated carbocycles. The second kappa shape index (κ2) is 7.71. The Kier molecular flexibility index (Phi) is 5.94. The summed E-state index contributed by atoms with van der Waals surface area (Å²) >= 11 is 1.92. The summed E-state index contributed by atoms with van der Waals surface area (Å²) in [6.07, 6.45) is 0.582. The van der Waals surface area contributed by atoms with E-state index in [1.54, 1.807) is 7.11 Å². The molecular weight excluding hydrogens is 284 g/mol. The Labute approximate surface area is 131 Å². The maximum Gasteiger partial charge on any atom is 0.224 e. The summed E-state index contributed by atoms with van der Waals surface area (Å²) < 4.78 is 5.26. The van der Waals surface area contributed by atoms with Gasteiger partial charge in [-0.3, -0.25) is 4.79 Å². The first-order valence-corrected chi connectivity index (χ1v) is 8.44. The molecule has 0 aromatic heterocycles. The quantitative estimate of drug-likeness (QED) is 0.904. The van der Waals surface area contributed by atoms with Gasteiger partial charge >= 0.3 is 0 Å². The molecule has 116 valence electrons. The highest BCUT2D eigenvalue weighted by Gasteiger charge is 2.19. The van der Waals surface area contributed by atoms with E-state index in [1.807, 2.05) is 42.8 Å². The Hall–Kier alpha value is -1.20. The monoisotopic (exact) mass is 308 g/mol. The SMILES string of the molecule is COc1ccc(CN(C)C(=O)CC2CSCCN2)cc1C. The Balaban J connectivity index is 1.89. The zero-order valence-corrected chi connectivity index (χ0v) is 13.8. The van der Waals surface area contributed by atoms with Gasteiger partial charge in [0.25, 0.3) is 0 Å². The zero-order chi connectivity index (χ0) is 15.2. The highest BCUT2D eigenvalue weighted by Crippen LogP contribution is 2.19. The normalized spacial score (nSPS) is 18.3. The van der Waals surface area contributed by atoms with E-state index >= 15 is 0 Å². The molecule has 4 nitrogen and oxygen atoms in total. The molecule has 2 rings (SSSR count). The van der Waals surface area contributed by atoms with Crippen LogP contribution < -0.4 is 10.1 Å². The van der Waals surface area contributed by atoms with Crippen molar-refractivity contribution < 1.29 is 9.53 Å². The molecular formula is C16H24N2O2S. The number of benzene rings is 1. The van der Waals surface area contributed by atoms with Crippen LogP contribution in [0.3, 0.4) is 0 Å². The van der Waals surface area contributed by atoms with Gasteiger partial charge in [-0.15, -0.1) is 0 Å². The third-order valence-corrected chi connectivity index (χ3v) is 4.86. The maximum atomic E-state index is 12.3. The van der Waals surface area contributed by atoms with Crippen LogP contribution in [0.1, 0.15) is 17.5 Å². The number of aryl methyl sites for hydroxylation is 1. The average molecular weight is 308 g/mol.